The fourth-order valence-corrected chi connectivity index (χ4v) is 1.57. The second-order valence-corrected chi connectivity index (χ2v) is 5.36. The number of ether oxygens (including phenoxy) is 1. The zero-order chi connectivity index (χ0) is 14.6. The minimum atomic E-state index is -0.102. The summed E-state index contributed by atoms with van der Waals surface area (Å²) in [5, 5.41) is 2.91. The number of anilines is 1. The molecule has 1 aromatic rings. The Morgan fingerprint density at radius 3 is 2.47 bits per heavy atom. The topological polar surface area (TPSA) is 64.3 Å². The number of aryl methyl sites for hydroxylation is 2. The SMILES string of the molecule is Cc1cc(OCC(=O)NC(C)C(C)C)c(C)cc1N. The van der Waals surface area contributed by atoms with E-state index >= 15 is 0 Å². The molecular weight excluding hydrogens is 240 g/mol. The van der Waals surface area contributed by atoms with Crippen LogP contribution in [0.5, 0.6) is 5.75 Å². The maximum atomic E-state index is 11.7. The first kappa shape index (κ1) is 15.3. The number of nitrogens with two attached hydrogens (primary N) is 1. The minimum Gasteiger partial charge on any atom is -0.483 e. The van der Waals surface area contributed by atoms with Crippen molar-refractivity contribution in [2.75, 3.05) is 12.3 Å². The zero-order valence-electron chi connectivity index (χ0n) is 12.4. The van der Waals surface area contributed by atoms with Crippen molar-refractivity contribution in [1.29, 1.82) is 0 Å². The van der Waals surface area contributed by atoms with Crippen LogP contribution in [0.2, 0.25) is 0 Å². The zero-order valence-corrected chi connectivity index (χ0v) is 12.4. The molecule has 19 heavy (non-hydrogen) atoms. The van der Waals surface area contributed by atoms with E-state index in [1.165, 1.54) is 0 Å². The number of carbonyl (C=O) groups is 1. The van der Waals surface area contributed by atoms with Crippen LogP contribution in [0.15, 0.2) is 12.1 Å². The molecule has 1 atom stereocenters. The second-order valence-electron chi connectivity index (χ2n) is 5.36. The fraction of sp³-hybridized carbons (Fsp3) is 0.533. The molecule has 0 spiro atoms. The van der Waals surface area contributed by atoms with E-state index in [-0.39, 0.29) is 18.6 Å². The largest absolute Gasteiger partial charge is 0.483 e. The average molecular weight is 264 g/mol. The monoisotopic (exact) mass is 264 g/mol. The molecule has 0 bridgehead atoms. The highest BCUT2D eigenvalue weighted by Crippen LogP contribution is 2.24. The molecule has 0 aromatic heterocycles. The van der Waals surface area contributed by atoms with E-state index in [4.69, 9.17) is 10.5 Å². The molecule has 0 aliphatic heterocycles. The Kier molecular flexibility index (Phi) is 5.21. The summed E-state index contributed by atoms with van der Waals surface area (Å²) in [6, 6.07) is 3.87. The molecule has 0 fully saturated rings. The van der Waals surface area contributed by atoms with Gasteiger partial charge in [-0.3, -0.25) is 4.79 Å². The van der Waals surface area contributed by atoms with Crippen LogP contribution in [0.3, 0.4) is 0 Å². The first-order chi connectivity index (χ1) is 8.81. The Morgan fingerprint density at radius 1 is 1.26 bits per heavy atom. The summed E-state index contributed by atoms with van der Waals surface area (Å²) in [6.45, 7) is 9.99. The van der Waals surface area contributed by atoms with Crippen LogP contribution in [0.4, 0.5) is 5.69 Å². The van der Waals surface area contributed by atoms with E-state index in [0.29, 0.717) is 11.7 Å². The van der Waals surface area contributed by atoms with Gasteiger partial charge in [0.15, 0.2) is 6.61 Å². The van der Waals surface area contributed by atoms with E-state index in [2.05, 4.69) is 19.2 Å². The first-order valence-corrected chi connectivity index (χ1v) is 6.60. The fourth-order valence-electron chi connectivity index (χ4n) is 1.57. The average Bonchev–Trinajstić information content (AvgIpc) is 2.32. The highest BCUT2D eigenvalue weighted by Gasteiger charge is 2.12. The second kappa shape index (κ2) is 6.45. The van der Waals surface area contributed by atoms with E-state index in [0.717, 1.165) is 16.8 Å². The molecule has 1 rings (SSSR count). The van der Waals surface area contributed by atoms with Crippen LogP contribution in [0.25, 0.3) is 0 Å². The molecule has 0 aliphatic rings. The van der Waals surface area contributed by atoms with Gasteiger partial charge in [0.2, 0.25) is 0 Å². The van der Waals surface area contributed by atoms with Crippen LogP contribution >= 0.6 is 0 Å². The quantitative estimate of drug-likeness (QED) is 0.803. The third-order valence-electron chi connectivity index (χ3n) is 3.31. The van der Waals surface area contributed by atoms with Gasteiger partial charge >= 0.3 is 0 Å². The number of hydrogen-bond acceptors (Lipinski definition) is 3. The van der Waals surface area contributed by atoms with Crippen molar-refractivity contribution in [2.45, 2.75) is 40.7 Å². The Balaban J connectivity index is 2.58. The lowest BCUT2D eigenvalue weighted by Crippen LogP contribution is -2.39. The van der Waals surface area contributed by atoms with Crippen molar-refractivity contribution >= 4 is 11.6 Å². The lowest BCUT2D eigenvalue weighted by atomic mass is 10.1. The van der Waals surface area contributed by atoms with Crippen molar-refractivity contribution in [3.8, 4) is 5.75 Å². The first-order valence-electron chi connectivity index (χ1n) is 6.60. The van der Waals surface area contributed by atoms with Gasteiger partial charge in [0.05, 0.1) is 0 Å². The summed E-state index contributed by atoms with van der Waals surface area (Å²) < 4.78 is 5.55. The summed E-state index contributed by atoms with van der Waals surface area (Å²) in [5.41, 5.74) is 8.44. The summed E-state index contributed by atoms with van der Waals surface area (Å²) >= 11 is 0. The summed E-state index contributed by atoms with van der Waals surface area (Å²) in [5.74, 6) is 1.01. The van der Waals surface area contributed by atoms with Crippen LogP contribution in [-0.2, 0) is 4.79 Å². The molecule has 0 heterocycles. The summed E-state index contributed by atoms with van der Waals surface area (Å²) in [4.78, 5) is 11.7. The highest BCUT2D eigenvalue weighted by atomic mass is 16.5. The number of nitrogen functional groups attached to an aromatic ring is 1. The van der Waals surface area contributed by atoms with E-state index < -0.39 is 0 Å². The van der Waals surface area contributed by atoms with Gasteiger partial charge in [-0.15, -0.1) is 0 Å². The Hall–Kier alpha value is -1.71. The maximum Gasteiger partial charge on any atom is 0.258 e. The Labute approximate surface area is 115 Å². The predicted molar refractivity (Wildman–Crippen MR) is 78.3 cm³/mol. The van der Waals surface area contributed by atoms with Crippen LogP contribution in [-0.4, -0.2) is 18.6 Å². The van der Waals surface area contributed by atoms with Gasteiger partial charge in [-0.25, -0.2) is 0 Å². The molecule has 0 aliphatic carbocycles. The molecule has 3 N–H and O–H groups in total. The molecule has 4 heteroatoms. The summed E-state index contributed by atoms with van der Waals surface area (Å²) in [7, 11) is 0. The molecule has 1 amide bonds. The summed E-state index contributed by atoms with van der Waals surface area (Å²) in [6.07, 6.45) is 0. The van der Waals surface area contributed by atoms with Gasteiger partial charge in [-0.2, -0.15) is 0 Å². The Bertz CT molecular complexity index is 456. The smallest absolute Gasteiger partial charge is 0.258 e. The molecule has 0 saturated carbocycles. The number of benzene rings is 1. The van der Waals surface area contributed by atoms with E-state index in [1.54, 1.807) is 0 Å². The molecule has 1 unspecified atom stereocenters. The van der Waals surface area contributed by atoms with Gasteiger partial charge in [-0.05, 0) is 49.9 Å². The minimum absolute atomic E-state index is 0.0290. The molecule has 0 saturated heterocycles. The van der Waals surface area contributed by atoms with Gasteiger partial charge < -0.3 is 15.8 Å². The van der Waals surface area contributed by atoms with Crippen molar-refractivity contribution in [3.05, 3.63) is 23.3 Å². The van der Waals surface area contributed by atoms with Gasteiger partial charge in [0, 0.05) is 11.7 Å². The maximum absolute atomic E-state index is 11.7. The third kappa shape index (κ3) is 4.47. The molecule has 1 aromatic carbocycles. The van der Waals surface area contributed by atoms with E-state index in [9.17, 15) is 4.79 Å². The van der Waals surface area contributed by atoms with Gasteiger partial charge in [0.25, 0.3) is 5.91 Å². The highest BCUT2D eigenvalue weighted by molar-refractivity contribution is 5.77. The number of hydrogen-bond donors (Lipinski definition) is 2. The standard InChI is InChI=1S/C15H24N2O2/c1-9(2)12(5)17-15(18)8-19-14-7-10(3)13(16)6-11(14)4/h6-7,9,12H,8,16H2,1-5H3,(H,17,18). The normalized spacial score (nSPS) is 12.3. The van der Waals surface area contributed by atoms with Crippen molar-refractivity contribution in [1.82, 2.24) is 5.32 Å². The van der Waals surface area contributed by atoms with Crippen molar-refractivity contribution < 1.29 is 9.53 Å². The number of nitrogens with one attached hydrogen (secondary N) is 1. The van der Waals surface area contributed by atoms with Gasteiger partial charge in [0.1, 0.15) is 5.75 Å². The Morgan fingerprint density at radius 2 is 1.89 bits per heavy atom. The van der Waals surface area contributed by atoms with Gasteiger partial charge in [-0.1, -0.05) is 13.8 Å². The molecule has 4 nitrogen and oxygen atoms in total. The van der Waals surface area contributed by atoms with Crippen molar-refractivity contribution in [2.24, 2.45) is 5.92 Å². The molecular formula is C15H24N2O2. The van der Waals surface area contributed by atoms with Crippen LogP contribution in [0, 0.1) is 19.8 Å². The molecule has 0 radical (unpaired) electrons. The molecule has 106 valence electrons. The lowest BCUT2D eigenvalue weighted by Gasteiger charge is -2.18. The predicted octanol–water partition coefficient (Wildman–Crippen LogP) is 2.43. The number of rotatable bonds is 5. The van der Waals surface area contributed by atoms with Crippen LogP contribution < -0.4 is 15.8 Å². The number of amides is 1. The van der Waals surface area contributed by atoms with Crippen LogP contribution in [0.1, 0.15) is 31.9 Å². The lowest BCUT2D eigenvalue weighted by molar-refractivity contribution is -0.124. The van der Waals surface area contributed by atoms with E-state index in [1.807, 2.05) is 32.9 Å². The van der Waals surface area contributed by atoms with Crippen molar-refractivity contribution in [3.63, 3.8) is 0 Å². The number of carbonyl (C=O) groups excluding carboxylic acids is 1. The third-order valence-corrected chi connectivity index (χ3v) is 3.31.